The average Bonchev–Trinajstić information content (AvgIpc) is 4.07. The second-order valence-electron chi connectivity index (χ2n) is 18.4. The Morgan fingerprint density at radius 3 is 1.09 bits per heavy atom. The van der Waals surface area contributed by atoms with Gasteiger partial charge in [-0.1, -0.05) is 161 Å². The SMILES string of the molecule is CC(C)c1ccc(N(c2cc3c4cc(N(c5ccc(C(C)C)cc5)c5cccc6c5oc5ccccc56)c5ccccc5c4sc3c3ccccc23)c2cccc3c2oc2ccccc23)cc1. The minimum atomic E-state index is 0.409. The minimum Gasteiger partial charge on any atom is -0.454 e. The fourth-order valence-electron chi connectivity index (χ4n) is 10.4. The normalized spacial score (nSPS) is 12.1. The molecular weight excluding hydrogens is 837 g/mol. The van der Waals surface area contributed by atoms with Crippen LogP contribution >= 0.6 is 11.3 Å². The maximum absolute atomic E-state index is 6.82. The maximum Gasteiger partial charge on any atom is 0.159 e. The van der Waals surface area contributed by atoms with Crippen LogP contribution in [-0.2, 0) is 0 Å². The van der Waals surface area contributed by atoms with Crippen LogP contribution in [0.15, 0.2) is 203 Å². The van der Waals surface area contributed by atoms with Crippen molar-refractivity contribution in [2.45, 2.75) is 39.5 Å². The summed E-state index contributed by atoms with van der Waals surface area (Å²) in [5.74, 6) is 0.817. The van der Waals surface area contributed by atoms with Gasteiger partial charge >= 0.3 is 0 Å². The molecule has 3 aromatic heterocycles. The van der Waals surface area contributed by atoms with Crippen molar-refractivity contribution in [2.24, 2.45) is 0 Å². The first-order valence-corrected chi connectivity index (χ1v) is 24.1. The van der Waals surface area contributed by atoms with Gasteiger partial charge in [0.05, 0.1) is 22.7 Å². The van der Waals surface area contributed by atoms with E-state index in [-0.39, 0.29) is 0 Å². The Hall–Kier alpha value is -7.86. The number of hydrogen-bond acceptors (Lipinski definition) is 5. The molecule has 0 fully saturated rings. The van der Waals surface area contributed by atoms with Crippen molar-refractivity contribution in [3.8, 4) is 0 Å². The van der Waals surface area contributed by atoms with Gasteiger partial charge < -0.3 is 18.6 Å². The van der Waals surface area contributed by atoms with Crippen LogP contribution in [0.4, 0.5) is 34.1 Å². The van der Waals surface area contributed by atoms with Crippen LogP contribution in [0.2, 0.25) is 0 Å². The van der Waals surface area contributed by atoms with E-state index in [2.05, 4.69) is 219 Å². The van der Waals surface area contributed by atoms with Crippen molar-refractivity contribution in [3.63, 3.8) is 0 Å². The fourth-order valence-corrected chi connectivity index (χ4v) is 11.7. The molecule has 10 aromatic carbocycles. The molecule has 0 aliphatic carbocycles. The van der Waals surface area contributed by atoms with E-state index in [1.165, 1.54) is 52.8 Å². The number of para-hydroxylation sites is 4. The summed E-state index contributed by atoms with van der Waals surface area (Å²) in [5, 5.41) is 11.6. The molecular formula is C62H46N2O2S. The van der Waals surface area contributed by atoms with Crippen LogP contribution in [0.5, 0.6) is 0 Å². The van der Waals surface area contributed by atoms with Crippen molar-refractivity contribution < 1.29 is 8.83 Å². The lowest BCUT2D eigenvalue weighted by atomic mass is 9.98. The molecule has 0 bridgehead atoms. The summed E-state index contributed by atoms with van der Waals surface area (Å²) >= 11 is 1.89. The number of nitrogens with zero attached hydrogens (tertiary/aromatic N) is 2. The molecule has 0 atom stereocenters. The largest absolute Gasteiger partial charge is 0.454 e. The van der Waals surface area contributed by atoms with Crippen LogP contribution in [0, 0.1) is 0 Å². The summed E-state index contributed by atoms with van der Waals surface area (Å²) < 4.78 is 16.2. The third-order valence-corrected chi connectivity index (χ3v) is 15.1. The molecule has 0 radical (unpaired) electrons. The summed E-state index contributed by atoms with van der Waals surface area (Å²) in [6, 6.07) is 70.7. The number of rotatable bonds is 8. The summed E-state index contributed by atoms with van der Waals surface area (Å²) in [6.07, 6.45) is 0. The Morgan fingerprint density at radius 1 is 0.328 bits per heavy atom. The predicted octanol–water partition coefficient (Wildman–Crippen LogP) is 19.3. The lowest BCUT2D eigenvalue weighted by Gasteiger charge is -2.28. The third kappa shape index (κ3) is 6.18. The minimum absolute atomic E-state index is 0.409. The first-order chi connectivity index (χ1) is 32.9. The smallest absolute Gasteiger partial charge is 0.159 e. The number of fused-ring (bicyclic) bond motifs is 13. The molecule has 0 spiro atoms. The first kappa shape index (κ1) is 39.5. The van der Waals surface area contributed by atoms with E-state index in [0.717, 1.165) is 78.0 Å². The Bertz CT molecular complexity index is 3800. The van der Waals surface area contributed by atoms with Gasteiger partial charge in [-0.05, 0) is 83.6 Å². The molecule has 0 aliphatic rings. The number of furan rings is 2. The highest BCUT2D eigenvalue weighted by molar-refractivity contribution is 7.27. The fraction of sp³-hybridized carbons (Fsp3) is 0.0968. The van der Waals surface area contributed by atoms with Gasteiger partial charge in [0, 0.05) is 74.6 Å². The van der Waals surface area contributed by atoms with Gasteiger partial charge in [-0.15, -0.1) is 11.3 Å². The van der Waals surface area contributed by atoms with Crippen LogP contribution < -0.4 is 9.80 Å². The zero-order valence-corrected chi connectivity index (χ0v) is 38.6. The lowest BCUT2D eigenvalue weighted by Crippen LogP contribution is -2.11. The molecule has 322 valence electrons. The molecule has 0 aliphatic heterocycles. The van der Waals surface area contributed by atoms with Crippen molar-refractivity contribution in [1.82, 2.24) is 0 Å². The molecule has 5 heteroatoms. The third-order valence-electron chi connectivity index (χ3n) is 13.8. The zero-order valence-electron chi connectivity index (χ0n) is 37.7. The standard InChI is InChI=1S/C62H46N2O2S/c1-37(2)39-27-31-41(32-28-39)63(53-23-13-21-47-45-17-9-11-25-57(45)65-59(47)53)55-35-51-52-36-56(44-16-6-8-20-50(44)62(52)67-61(51)49-19-7-5-15-43(49)55)64(42-33-29-40(30-34-42)38(3)4)54-24-14-22-48-46-18-10-12-26-58(46)66-60(48)54/h5-38H,1-4H3. The number of thiophene rings is 1. The number of hydrogen-bond donors (Lipinski definition) is 0. The van der Waals surface area contributed by atoms with E-state index in [1.54, 1.807) is 0 Å². The van der Waals surface area contributed by atoms with Gasteiger partial charge in [0.25, 0.3) is 0 Å². The highest BCUT2D eigenvalue weighted by Crippen LogP contribution is 2.52. The lowest BCUT2D eigenvalue weighted by molar-refractivity contribution is 0.669. The van der Waals surface area contributed by atoms with E-state index in [1.807, 2.05) is 23.5 Å². The summed E-state index contributed by atoms with van der Waals surface area (Å²) in [7, 11) is 0. The highest BCUT2D eigenvalue weighted by Gasteiger charge is 2.26. The number of benzene rings is 10. The van der Waals surface area contributed by atoms with Gasteiger partial charge in [0.15, 0.2) is 11.2 Å². The molecule has 67 heavy (non-hydrogen) atoms. The van der Waals surface area contributed by atoms with Crippen LogP contribution in [0.1, 0.15) is 50.7 Å². The Kier molecular flexibility index (Phi) is 9.06. The first-order valence-electron chi connectivity index (χ1n) is 23.3. The summed E-state index contributed by atoms with van der Waals surface area (Å²) in [4.78, 5) is 4.85. The Labute approximate surface area is 392 Å². The second-order valence-corrected chi connectivity index (χ2v) is 19.4. The van der Waals surface area contributed by atoms with E-state index >= 15 is 0 Å². The molecule has 3 heterocycles. The zero-order chi connectivity index (χ0) is 44.9. The average molecular weight is 883 g/mol. The Morgan fingerprint density at radius 2 is 0.687 bits per heavy atom. The molecule has 0 saturated carbocycles. The molecule has 0 amide bonds. The van der Waals surface area contributed by atoms with Gasteiger partial charge in [-0.3, -0.25) is 0 Å². The quantitative estimate of drug-likeness (QED) is 0.152. The van der Waals surface area contributed by atoms with Crippen molar-refractivity contribution >= 4 is 131 Å². The van der Waals surface area contributed by atoms with E-state index < -0.39 is 0 Å². The van der Waals surface area contributed by atoms with E-state index in [0.29, 0.717) is 11.8 Å². The monoisotopic (exact) mass is 882 g/mol. The molecule has 13 aromatic rings. The van der Waals surface area contributed by atoms with Gasteiger partial charge in [-0.25, -0.2) is 0 Å². The topological polar surface area (TPSA) is 32.8 Å². The number of anilines is 6. The molecule has 0 N–H and O–H groups in total. The van der Waals surface area contributed by atoms with Crippen LogP contribution in [-0.4, -0.2) is 0 Å². The van der Waals surface area contributed by atoms with Crippen molar-refractivity contribution in [2.75, 3.05) is 9.80 Å². The maximum atomic E-state index is 6.82. The molecule has 0 unspecified atom stereocenters. The molecule has 13 rings (SSSR count). The van der Waals surface area contributed by atoms with E-state index in [4.69, 9.17) is 8.83 Å². The van der Waals surface area contributed by atoms with Crippen molar-refractivity contribution in [1.29, 1.82) is 0 Å². The highest BCUT2D eigenvalue weighted by atomic mass is 32.1. The summed E-state index contributed by atoms with van der Waals surface area (Å²) in [6.45, 7) is 9.01. The predicted molar refractivity (Wildman–Crippen MR) is 286 cm³/mol. The van der Waals surface area contributed by atoms with Crippen LogP contribution in [0.3, 0.4) is 0 Å². The Balaban J connectivity index is 1.12. The second kappa shape index (κ2) is 15.4. The van der Waals surface area contributed by atoms with E-state index in [9.17, 15) is 0 Å². The van der Waals surface area contributed by atoms with Crippen molar-refractivity contribution in [3.05, 3.63) is 205 Å². The van der Waals surface area contributed by atoms with Crippen LogP contribution in [0.25, 0.3) is 85.6 Å². The van der Waals surface area contributed by atoms with Gasteiger partial charge in [-0.2, -0.15) is 0 Å². The molecule has 0 saturated heterocycles. The van der Waals surface area contributed by atoms with Gasteiger partial charge in [0.2, 0.25) is 0 Å². The summed E-state index contributed by atoms with van der Waals surface area (Å²) in [5.41, 5.74) is 12.4. The molecule has 4 nitrogen and oxygen atoms in total. The van der Waals surface area contributed by atoms with Gasteiger partial charge in [0.1, 0.15) is 11.2 Å².